The van der Waals surface area contributed by atoms with E-state index in [-0.39, 0.29) is 18.4 Å². The number of nitrogens with zero attached hydrogens (tertiary/aromatic N) is 2. The number of carbonyl (C=O) groups excluding carboxylic acids is 1. The van der Waals surface area contributed by atoms with Gasteiger partial charge in [0.2, 0.25) is 0 Å². The van der Waals surface area contributed by atoms with Crippen LogP contribution in [0.1, 0.15) is 31.3 Å². The van der Waals surface area contributed by atoms with Crippen LogP contribution in [0.25, 0.3) is 0 Å². The molecule has 5 heteroatoms. The molecular formula is C11H17N3O2. The standard InChI is InChI=1S/C11H17N3O2/c1-7(2)11-13-8(3)5-9(14-11)12-6-10(15)16-4/h5,7H,6H2,1-4H3,(H,12,13,14). The highest BCUT2D eigenvalue weighted by molar-refractivity contribution is 5.74. The van der Waals surface area contributed by atoms with Gasteiger partial charge >= 0.3 is 5.97 Å². The van der Waals surface area contributed by atoms with Crippen molar-refractivity contribution >= 4 is 11.8 Å². The molecule has 0 fully saturated rings. The van der Waals surface area contributed by atoms with Gasteiger partial charge in [-0.1, -0.05) is 13.8 Å². The fourth-order valence-corrected chi connectivity index (χ4v) is 1.18. The van der Waals surface area contributed by atoms with E-state index in [4.69, 9.17) is 0 Å². The first-order valence-corrected chi connectivity index (χ1v) is 5.19. The fraction of sp³-hybridized carbons (Fsp3) is 0.545. The van der Waals surface area contributed by atoms with Crippen LogP contribution in [0.3, 0.4) is 0 Å². The Morgan fingerprint density at radius 1 is 1.50 bits per heavy atom. The molecule has 16 heavy (non-hydrogen) atoms. The minimum Gasteiger partial charge on any atom is -0.468 e. The maximum absolute atomic E-state index is 11.0. The molecular weight excluding hydrogens is 206 g/mol. The van der Waals surface area contributed by atoms with Gasteiger partial charge in [-0.25, -0.2) is 9.97 Å². The number of hydrogen-bond acceptors (Lipinski definition) is 5. The van der Waals surface area contributed by atoms with Gasteiger partial charge in [0.05, 0.1) is 7.11 Å². The molecule has 0 aliphatic heterocycles. The Labute approximate surface area is 95.3 Å². The van der Waals surface area contributed by atoms with E-state index in [0.717, 1.165) is 11.5 Å². The summed E-state index contributed by atoms with van der Waals surface area (Å²) in [6.07, 6.45) is 0. The number of methoxy groups -OCH3 is 1. The van der Waals surface area contributed by atoms with Gasteiger partial charge in [0.1, 0.15) is 18.2 Å². The van der Waals surface area contributed by atoms with Crippen molar-refractivity contribution in [1.82, 2.24) is 9.97 Å². The summed E-state index contributed by atoms with van der Waals surface area (Å²) in [6, 6.07) is 1.80. The molecule has 1 aromatic rings. The lowest BCUT2D eigenvalue weighted by molar-refractivity contribution is -0.138. The Hall–Kier alpha value is -1.65. The van der Waals surface area contributed by atoms with E-state index in [1.54, 1.807) is 6.07 Å². The van der Waals surface area contributed by atoms with Crippen molar-refractivity contribution in [1.29, 1.82) is 0 Å². The monoisotopic (exact) mass is 223 g/mol. The number of rotatable bonds is 4. The van der Waals surface area contributed by atoms with Gasteiger partial charge in [-0.2, -0.15) is 0 Å². The number of nitrogens with one attached hydrogen (secondary N) is 1. The first kappa shape index (κ1) is 12.4. The second-order valence-corrected chi connectivity index (χ2v) is 3.84. The second-order valence-electron chi connectivity index (χ2n) is 3.84. The largest absolute Gasteiger partial charge is 0.468 e. The van der Waals surface area contributed by atoms with E-state index in [0.29, 0.717) is 5.82 Å². The van der Waals surface area contributed by atoms with Crippen LogP contribution < -0.4 is 5.32 Å². The van der Waals surface area contributed by atoms with Crippen molar-refractivity contribution < 1.29 is 9.53 Å². The molecule has 0 unspecified atom stereocenters. The van der Waals surface area contributed by atoms with Crippen molar-refractivity contribution in [2.45, 2.75) is 26.7 Å². The zero-order chi connectivity index (χ0) is 12.1. The summed E-state index contributed by atoms with van der Waals surface area (Å²) in [6.45, 7) is 6.07. The minimum atomic E-state index is -0.317. The summed E-state index contributed by atoms with van der Waals surface area (Å²) in [7, 11) is 1.36. The van der Waals surface area contributed by atoms with E-state index < -0.39 is 0 Å². The average Bonchev–Trinajstić information content (AvgIpc) is 2.25. The molecule has 5 nitrogen and oxygen atoms in total. The summed E-state index contributed by atoms with van der Waals surface area (Å²) in [5.74, 6) is 1.37. The number of ether oxygens (including phenoxy) is 1. The van der Waals surface area contributed by atoms with E-state index in [1.807, 2.05) is 20.8 Å². The van der Waals surface area contributed by atoms with Gasteiger partial charge in [0, 0.05) is 17.7 Å². The molecule has 0 radical (unpaired) electrons. The van der Waals surface area contributed by atoms with Crippen molar-refractivity contribution in [3.8, 4) is 0 Å². The molecule has 0 spiro atoms. The Bertz CT molecular complexity index is 377. The molecule has 0 amide bonds. The van der Waals surface area contributed by atoms with Gasteiger partial charge in [0.25, 0.3) is 0 Å². The number of aryl methyl sites for hydroxylation is 1. The Kier molecular flexibility index (Phi) is 4.22. The third-order valence-corrected chi connectivity index (χ3v) is 2.03. The predicted molar refractivity (Wildman–Crippen MR) is 61.4 cm³/mol. The average molecular weight is 223 g/mol. The highest BCUT2D eigenvalue weighted by Crippen LogP contribution is 2.13. The Morgan fingerprint density at radius 3 is 2.75 bits per heavy atom. The van der Waals surface area contributed by atoms with Crippen molar-refractivity contribution in [2.24, 2.45) is 0 Å². The summed E-state index contributed by atoms with van der Waals surface area (Å²) in [5.41, 5.74) is 0.881. The molecule has 1 heterocycles. The third kappa shape index (κ3) is 3.49. The number of esters is 1. The lowest BCUT2D eigenvalue weighted by Crippen LogP contribution is -2.16. The second kappa shape index (κ2) is 5.44. The predicted octanol–water partition coefficient (Wildman–Crippen LogP) is 1.49. The highest BCUT2D eigenvalue weighted by atomic mass is 16.5. The Balaban J connectivity index is 2.76. The molecule has 0 aliphatic carbocycles. The normalized spacial score (nSPS) is 10.3. The molecule has 1 rings (SSSR count). The van der Waals surface area contributed by atoms with E-state index in [9.17, 15) is 4.79 Å². The first-order chi connectivity index (χ1) is 7.52. The molecule has 1 aromatic heterocycles. The number of aromatic nitrogens is 2. The van der Waals surface area contributed by atoms with Gasteiger partial charge in [-0.05, 0) is 6.92 Å². The summed E-state index contributed by atoms with van der Waals surface area (Å²) in [5, 5.41) is 2.91. The van der Waals surface area contributed by atoms with Gasteiger partial charge < -0.3 is 10.1 Å². The molecule has 88 valence electrons. The maximum Gasteiger partial charge on any atom is 0.325 e. The SMILES string of the molecule is COC(=O)CNc1cc(C)nc(C(C)C)n1. The lowest BCUT2D eigenvalue weighted by atomic mass is 10.2. The molecule has 1 N–H and O–H groups in total. The quantitative estimate of drug-likeness (QED) is 0.783. The van der Waals surface area contributed by atoms with Gasteiger partial charge in [-0.3, -0.25) is 4.79 Å². The summed E-state index contributed by atoms with van der Waals surface area (Å²) >= 11 is 0. The van der Waals surface area contributed by atoms with Crippen LogP contribution >= 0.6 is 0 Å². The zero-order valence-corrected chi connectivity index (χ0v) is 10.1. The van der Waals surface area contributed by atoms with Gasteiger partial charge in [-0.15, -0.1) is 0 Å². The van der Waals surface area contributed by atoms with Crippen LogP contribution in [0.4, 0.5) is 5.82 Å². The van der Waals surface area contributed by atoms with E-state index in [1.165, 1.54) is 7.11 Å². The zero-order valence-electron chi connectivity index (χ0n) is 10.1. The number of hydrogen-bond donors (Lipinski definition) is 1. The Morgan fingerprint density at radius 2 is 2.19 bits per heavy atom. The molecule has 0 aromatic carbocycles. The molecule has 0 saturated carbocycles. The van der Waals surface area contributed by atoms with Gasteiger partial charge in [0.15, 0.2) is 0 Å². The summed E-state index contributed by atoms with van der Waals surface area (Å²) < 4.78 is 4.54. The fourth-order valence-electron chi connectivity index (χ4n) is 1.18. The molecule has 0 saturated heterocycles. The third-order valence-electron chi connectivity index (χ3n) is 2.03. The number of carbonyl (C=O) groups is 1. The van der Waals surface area contributed by atoms with Crippen LogP contribution in [-0.4, -0.2) is 29.6 Å². The van der Waals surface area contributed by atoms with Crippen molar-refractivity contribution in [2.75, 3.05) is 19.0 Å². The van der Waals surface area contributed by atoms with Crippen LogP contribution in [0, 0.1) is 6.92 Å². The molecule has 0 bridgehead atoms. The van der Waals surface area contributed by atoms with E-state index in [2.05, 4.69) is 20.0 Å². The van der Waals surface area contributed by atoms with Crippen molar-refractivity contribution in [3.63, 3.8) is 0 Å². The van der Waals surface area contributed by atoms with Crippen molar-refractivity contribution in [3.05, 3.63) is 17.6 Å². The topological polar surface area (TPSA) is 64.1 Å². The van der Waals surface area contributed by atoms with Crippen LogP contribution in [0.2, 0.25) is 0 Å². The minimum absolute atomic E-state index is 0.116. The van der Waals surface area contributed by atoms with E-state index >= 15 is 0 Å². The lowest BCUT2D eigenvalue weighted by Gasteiger charge is -2.09. The highest BCUT2D eigenvalue weighted by Gasteiger charge is 2.07. The smallest absolute Gasteiger partial charge is 0.325 e. The maximum atomic E-state index is 11.0. The first-order valence-electron chi connectivity index (χ1n) is 5.19. The van der Waals surface area contributed by atoms with Crippen LogP contribution in [0.15, 0.2) is 6.07 Å². The molecule has 0 atom stereocenters. The van der Waals surface area contributed by atoms with Crippen LogP contribution in [-0.2, 0) is 9.53 Å². The molecule has 0 aliphatic rings. The number of anilines is 1. The summed E-state index contributed by atoms with van der Waals surface area (Å²) in [4.78, 5) is 19.6. The van der Waals surface area contributed by atoms with Crippen LogP contribution in [0.5, 0.6) is 0 Å².